The summed E-state index contributed by atoms with van der Waals surface area (Å²) in [6.45, 7) is 11.9. The van der Waals surface area contributed by atoms with Crippen LogP contribution in [0.4, 0.5) is 0 Å². The maximum atomic E-state index is 5.15. The molecule has 1 aromatic rings. The lowest BCUT2D eigenvalue weighted by atomic mass is 10.2. The zero-order valence-electron chi connectivity index (χ0n) is 16.8. The predicted molar refractivity (Wildman–Crippen MR) is 117 cm³/mol. The quantitative estimate of drug-likeness (QED) is 0.340. The molecule has 26 heavy (non-hydrogen) atoms. The second-order valence-corrected chi connectivity index (χ2v) is 6.60. The Kier molecular flexibility index (Phi) is 10.5. The summed E-state index contributed by atoms with van der Waals surface area (Å²) in [6, 6.07) is 0.615. The van der Waals surface area contributed by atoms with E-state index in [1.54, 1.807) is 7.11 Å². The molecular weight excluding hydrogens is 443 g/mol. The van der Waals surface area contributed by atoms with Crippen LogP contribution in [0, 0.1) is 13.8 Å². The number of aromatic nitrogens is 2. The van der Waals surface area contributed by atoms with Crippen molar-refractivity contribution in [2.45, 2.75) is 52.7 Å². The fourth-order valence-corrected chi connectivity index (χ4v) is 3.54. The highest BCUT2D eigenvalue weighted by atomic mass is 127. The van der Waals surface area contributed by atoms with Gasteiger partial charge in [-0.25, -0.2) is 0 Å². The number of nitrogens with one attached hydrogen (secondary N) is 2. The van der Waals surface area contributed by atoms with Crippen LogP contribution in [0.15, 0.2) is 4.99 Å². The lowest BCUT2D eigenvalue weighted by molar-refractivity contribution is 0.182. The number of guanidine groups is 1. The van der Waals surface area contributed by atoms with E-state index in [9.17, 15) is 0 Å². The number of nitrogens with zero attached hydrogens (tertiary/aromatic N) is 4. The first kappa shape index (κ1) is 23.2. The van der Waals surface area contributed by atoms with Gasteiger partial charge in [-0.2, -0.15) is 5.10 Å². The first-order chi connectivity index (χ1) is 12.1. The Morgan fingerprint density at radius 1 is 1.35 bits per heavy atom. The lowest BCUT2D eigenvalue weighted by Crippen LogP contribution is -2.44. The van der Waals surface area contributed by atoms with Gasteiger partial charge >= 0.3 is 0 Å². The van der Waals surface area contributed by atoms with Crippen LogP contribution in [-0.2, 0) is 17.8 Å². The van der Waals surface area contributed by atoms with Gasteiger partial charge in [0.25, 0.3) is 0 Å². The van der Waals surface area contributed by atoms with Crippen molar-refractivity contribution in [2.75, 3.05) is 40.4 Å². The van der Waals surface area contributed by atoms with Gasteiger partial charge in [-0.1, -0.05) is 6.92 Å². The molecule has 1 atom stereocenters. The summed E-state index contributed by atoms with van der Waals surface area (Å²) in [5.41, 5.74) is 3.48. The number of rotatable bonds is 8. The topological polar surface area (TPSA) is 66.7 Å². The molecule has 0 bridgehead atoms. The molecular formula is C18H35IN6O. The predicted octanol–water partition coefficient (Wildman–Crippen LogP) is 1.91. The van der Waals surface area contributed by atoms with Gasteiger partial charge < -0.3 is 15.4 Å². The summed E-state index contributed by atoms with van der Waals surface area (Å²) in [5.74, 6) is 0.853. The van der Waals surface area contributed by atoms with Gasteiger partial charge in [0.05, 0.1) is 18.8 Å². The van der Waals surface area contributed by atoms with Crippen LogP contribution in [0.5, 0.6) is 0 Å². The number of likely N-dealkylation sites (N-methyl/N-ethyl adjacent to an activating group) is 1. The molecule has 150 valence electrons. The van der Waals surface area contributed by atoms with Crippen molar-refractivity contribution in [1.82, 2.24) is 25.3 Å². The van der Waals surface area contributed by atoms with E-state index in [4.69, 9.17) is 4.74 Å². The first-order valence-corrected chi connectivity index (χ1v) is 9.31. The summed E-state index contributed by atoms with van der Waals surface area (Å²) < 4.78 is 7.17. The minimum Gasteiger partial charge on any atom is -0.383 e. The second kappa shape index (κ2) is 11.8. The van der Waals surface area contributed by atoms with Gasteiger partial charge in [-0.3, -0.25) is 14.6 Å². The highest BCUT2D eigenvalue weighted by Crippen LogP contribution is 2.15. The van der Waals surface area contributed by atoms with Gasteiger partial charge in [0.2, 0.25) is 0 Å². The summed E-state index contributed by atoms with van der Waals surface area (Å²) in [6.07, 6.45) is 2.56. The Morgan fingerprint density at radius 2 is 2.12 bits per heavy atom. The van der Waals surface area contributed by atoms with Crippen molar-refractivity contribution in [3.8, 4) is 0 Å². The van der Waals surface area contributed by atoms with Crippen molar-refractivity contribution >= 4 is 29.9 Å². The van der Waals surface area contributed by atoms with Crippen molar-refractivity contribution in [3.63, 3.8) is 0 Å². The number of likely N-dealkylation sites (tertiary alicyclic amines) is 1. The first-order valence-electron chi connectivity index (χ1n) is 9.31. The Labute approximate surface area is 175 Å². The normalized spacial score (nSPS) is 18.0. The zero-order valence-corrected chi connectivity index (χ0v) is 19.2. The van der Waals surface area contributed by atoms with Crippen LogP contribution >= 0.6 is 24.0 Å². The van der Waals surface area contributed by atoms with E-state index < -0.39 is 0 Å². The molecule has 1 unspecified atom stereocenters. The smallest absolute Gasteiger partial charge is 0.191 e. The number of aliphatic imine (C=N–C) groups is 1. The average molecular weight is 478 g/mol. The van der Waals surface area contributed by atoms with Gasteiger partial charge in [0, 0.05) is 44.5 Å². The highest BCUT2D eigenvalue weighted by molar-refractivity contribution is 14.0. The van der Waals surface area contributed by atoms with E-state index >= 15 is 0 Å². The molecule has 0 radical (unpaired) electrons. The Bertz CT molecular complexity index is 574. The van der Waals surface area contributed by atoms with Gasteiger partial charge in [-0.05, 0) is 39.8 Å². The molecule has 0 saturated carbocycles. The third kappa shape index (κ3) is 6.09. The molecule has 0 aliphatic carbocycles. The monoisotopic (exact) mass is 478 g/mol. The van der Waals surface area contributed by atoms with Crippen molar-refractivity contribution in [1.29, 1.82) is 0 Å². The number of halogens is 1. The fraction of sp³-hybridized carbons (Fsp3) is 0.778. The SMILES string of the molecule is CCN1CCCC1CNC(=NC)NCc1c(C)nn(CCOC)c1C.I. The molecule has 2 heterocycles. The van der Waals surface area contributed by atoms with Crippen LogP contribution in [0.2, 0.25) is 0 Å². The third-order valence-electron chi connectivity index (χ3n) is 5.11. The second-order valence-electron chi connectivity index (χ2n) is 6.60. The van der Waals surface area contributed by atoms with E-state index in [0.29, 0.717) is 12.6 Å². The number of aryl methyl sites for hydroxylation is 1. The molecule has 1 aliphatic rings. The zero-order chi connectivity index (χ0) is 18.2. The molecule has 1 aliphatic heterocycles. The lowest BCUT2D eigenvalue weighted by Gasteiger charge is -2.24. The van der Waals surface area contributed by atoms with E-state index in [0.717, 1.165) is 37.8 Å². The van der Waals surface area contributed by atoms with Gasteiger partial charge in [0.1, 0.15) is 0 Å². The van der Waals surface area contributed by atoms with Crippen LogP contribution in [0.1, 0.15) is 36.7 Å². The molecule has 0 spiro atoms. The Hall–Kier alpha value is -0.870. The van der Waals surface area contributed by atoms with Crippen LogP contribution in [-0.4, -0.2) is 67.1 Å². The number of ether oxygens (including phenoxy) is 1. The number of methoxy groups -OCH3 is 1. The molecule has 2 N–H and O–H groups in total. The number of hydrogen-bond acceptors (Lipinski definition) is 4. The van der Waals surface area contributed by atoms with Crippen molar-refractivity contribution in [2.24, 2.45) is 4.99 Å². The molecule has 1 saturated heterocycles. The van der Waals surface area contributed by atoms with Crippen LogP contribution in [0.3, 0.4) is 0 Å². The molecule has 1 aromatic heterocycles. The van der Waals surface area contributed by atoms with E-state index in [-0.39, 0.29) is 24.0 Å². The highest BCUT2D eigenvalue weighted by Gasteiger charge is 2.22. The minimum atomic E-state index is 0. The van der Waals surface area contributed by atoms with Crippen molar-refractivity contribution in [3.05, 3.63) is 17.0 Å². The fourth-order valence-electron chi connectivity index (χ4n) is 3.54. The van der Waals surface area contributed by atoms with E-state index in [1.165, 1.54) is 30.6 Å². The maximum absolute atomic E-state index is 5.15. The third-order valence-corrected chi connectivity index (χ3v) is 5.11. The number of hydrogen-bond donors (Lipinski definition) is 2. The Balaban J connectivity index is 0.00000338. The molecule has 1 fully saturated rings. The van der Waals surface area contributed by atoms with Gasteiger partial charge in [-0.15, -0.1) is 24.0 Å². The minimum absolute atomic E-state index is 0. The summed E-state index contributed by atoms with van der Waals surface area (Å²) in [7, 11) is 3.54. The van der Waals surface area contributed by atoms with Crippen molar-refractivity contribution < 1.29 is 4.74 Å². The summed E-state index contributed by atoms with van der Waals surface area (Å²) in [4.78, 5) is 6.90. The summed E-state index contributed by atoms with van der Waals surface area (Å²) >= 11 is 0. The van der Waals surface area contributed by atoms with Gasteiger partial charge in [0.15, 0.2) is 5.96 Å². The standard InChI is InChI=1S/C18H34N6O.HI/c1-6-23-9-7-8-16(23)12-20-18(19-4)21-13-17-14(2)22-24(15(17)3)10-11-25-5;/h16H,6-13H2,1-5H3,(H2,19,20,21);1H. The van der Waals surface area contributed by atoms with E-state index in [1.807, 2.05) is 11.7 Å². The molecule has 0 amide bonds. The van der Waals surface area contributed by atoms with Crippen LogP contribution < -0.4 is 10.6 Å². The molecule has 7 nitrogen and oxygen atoms in total. The largest absolute Gasteiger partial charge is 0.383 e. The molecule has 8 heteroatoms. The van der Waals surface area contributed by atoms with E-state index in [2.05, 4.69) is 46.4 Å². The maximum Gasteiger partial charge on any atom is 0.191 e. The average Bonchev–Trinajstić information content (AvgIpc) is 3.18. The van der Waals surface area contributed by atoms with Crippen LogP contribution in [0.25, 0.3) is 0 Å². The summed E-state index contributed by atoms with van der Waals surface area (Å²) in [5, 5.41) is 11.5. The molecule has 0 aromatic carbocycles. The Morgan fingerprint density at radius 3 is 2.77 bits per heavy atom. The molecule has 2 rings (SSSR count).